The van der Waals surface area contributed by atoms with Gasteiger partial charge in [0.1, 0.15) is 0 Å². The van der Waals surface area contributed by atoms with E-state index in [1.54, 1.807) is 23.6 Å². The van der Waals surface area contributed by atoms with E-state index in [9.17, 15) is 18.0 Å². The minimum Gasteiger partial charge on any atom is -0.334 e. The third kappa shape index (κ3) is 4.40. The van der Waals surface area contributed by atoms with Crippen LogP contribution in [0.4, 0.5) is 23.7 Å². The minimum atomic E-state index is -4.54. The van der Waals surface area contributed by atoms with Crippen LogP contribution in [0.15, 0.2) is 59.4 Å². The predicted molar refractivity (Wildman–Crippen MR) is 94.9 cm³/mol. The summed E-state index contributed by atoms with van der Waals surface area (Å²) in [5.74, 6) is 0. The van der Waals surface area contributed by atoms with Gasteiger partial charge in [-0.05, 0) is 41.3 Å². The molecule has 1 aromatic carbocycles. The Labute approximate surface area is 151 Å². The fourth-order valence-electron chi connectivity index (χ4n) is 2.34. The molecule has 0 atom stereocenters. The van der Waals surface area contributed by atoms with Gasteiger partial charge in [0.15, 0.2) is 0 Å². The number of hydrogen-bond donors (Lipinski definition) is 2. The fraction of sp³-hybridized carbons (Fsp3) is 0.111. The molecule has 3 aromatic rings. The van der Waals surface area contributed by atoms with Gasteiger partial charge in [-0.2, -0.15) is 24.5 Å². The second-order valence-corrected chi connectivity index (χ2v) is 6.19. The fourth-order valence-corrected chi connectivity index (χ4v) is 2.99. The number of benzene rings is 1. The Balaban J connectivity index is 1.65. The van der Waals surface area contributed by atoms with Gasteiger partial charge < -0.3 is 10.6 Å². The molecule has 2 N–H and O–H groups in total. The van der Waals surface area contributed by atoms with E-state index in [1.807, 2.05) is 22.9 Å². The molecule has 2 aromatic heterocycles. The average molecular weight is 377 g/mol. The Hall–Kier alpha value is -2.87. The maximum absolute atomic E-state index is 13.0. The number of carbonyl (C=O) groups excluding carboxylic acids is 1. The Morgan fingerprint density at radius 3 is 2.69 bits per heavy atom. The number of rotatable bonds is 4. The van der Waals surface area contributed by atoms with E-state index in [1.165, 1.54) is 18.2 Å². The zero-order valence-electron chi connectivity index (χ0n) is 13.4. The van der Waals surface area contributed by atoms with Gasteiger partial charge in [0.25, 0.3) is 0 Å². The van der Waals surface area contributed by atoms with Crippen molar-refractivity contribution in [2.75, 3.05) is 5.32 Å². The summed E-state index contributed by atoms with van der Waals surface area (Å²) in [6, 6.07) is 9.62. The number of nitrogens with one attached hydrogen (secondary N) is 2. The number of pyridine rings is 1. The summed E-state index contributed by atoms with van der Waals surface area (Å²) in [6.07, 6.45) is -2.91. The van der Waals surface area contributed by atoms with Crippen molar-refractivity contribution >= 4 is 23.1 Å². The van der Waals surface area contributed by atoms with Gasteiger partial charge >= 0.3 is 12.2 Å². The van der Waals surface area contributed by atoms with Crippen molar-refractivity contribution in [2.45, 2.75) is 12.7 Å². The van der Waals surface area contributed by atoms with Crippen molar-refractivity contribution in [2.24, 2.45) is 0 Å². The summed E-state index contributed by atoms with van der Waals surface area (Å²) in [6.45, 7) is 0.166. The predicted octanol–water partition coefficient (Wildman–Crippen LogP) is 5.15. The quantitative estimate of drug-likeness (QED) is 0.661. The van der Waals surface area contributed by atoms with E-state index in [4.69, 9.17) is 0 Å². The molecule has 0 aliphatic rings. The zero-order valence-corrected chi connectivity index (χ0v) is 14.2. The summed E-state index contributed by atoms with van der Waals surface area (Å²) >= 11 is 1.55. The minimum absolute atomic E-state index is 0.166. The first-order valence-corrected chi connectivity index (χ1v) is 8.56. The van der Waals surface area contributed by atoms with Crippen molar-refractivity contribution in [3.63, 3.8) is 0 Å². The van der Waals surface area contributed by atoms with E-state index in [0.717, 1.165) is 22.9 Å². The largest absolute Gasteiger partial charge is 0.418 e. The molecule has 3 rings (SSSR count). The van der Waals surface area contributed by atoms with Crippen molar-refractivity contribution in [1.29, 1.82) is 0 Å². The van der Waals surface area contributed by atoms with Crippen LogP contribution in [0, 0.1) is 0 Å². The number of urea groups is 1. The van der Waals surface area contributed by atoms with E-state index in [-0.39, 0.29) is 12.2 Å². The van der Waals surface area contributed by atoms with Crippen LogP contribution < -0.4 is 10.6 Å². The Kier molecular flexibility index (Phi) is 5.22. The molecule has 2 amide bonds. The van der Waals surface area contributed by atoms with E-state index < -0.39 is 17.8 Å². The topological polar surface area (TPSA) is 54.0 Å². The number of alkyl halides is 3. The van der Waals surface area contributed by atoms with Gasteiger partial charge in [0.2, 0.25) is 0 Å². The van der Waals surface area contributed by atoms with E-state index >= 15 is 0 Å². The van der Waals surface area contributed by atoms with Crippen molar-refractivity contribution in [3.05, 3.63) is 70.5 Å². The lowest BCUT2D eigenvalue weighted by atomic mass is 10.1. The first-order chi connectivity index (χ1) is 12.4. The normalized spacial score (nSPS) is 11.2. The third-order valence-corrected chi connectivity index (χ3v) is 4.26. The summed E-state index contributed by atoms with van der Waals surface area (Å²) in [5, 5.41) is 8.70. The molecular formula is C18H14F3N3OS. The van der Waals surface area contributed by atoms with Crippen LogP contribution in [0.3, 0.4) is 0 Å². The van der Waals surface area contributed by atoms with Gasteiger partial charge in [-0.25, -0.2) is 4.79 Å². The van der Waals surface area contributed by atoms with Gasteiger partial charge in [-0.3, -0.25) is 4.98 Å². The highest BCUT2D eigenvalue weighted by Crippen LogP contribution is 2.34. The first-order valence-electron chi connectivity index (χ1n) is 7.62. The highest BCUT2D eigenvalue weighted by atomic mass is 32.1. The highest BCUT2D eigenvalue weighted by Gasteiger charge is 2.33. The second kappa shape index (κ2) is 7.57. The molecule has 134 valence electrons. The van der Waals surface area contributed by atoms with Crippen LogP contribution in [0.2, 0.25) is 0 Å². The lowest BCUT2D eigenvalue weighted by Crippen LogP contribution is -2.29. The van der Waals surface area contributed by atoms with Crippen LogP contribution in [-0.4, -0.2) is 11.0 Å². The van der Waals surface area contributed by atoms with Gasteiger partial charge in [0, 0.05) is 23.7 Å². The van der Waals surface area contributed by atoms with Crippen molar-refractivity contribution in [1.82, 2.24) is 10.3 Å². The number of anilines is 1. The SMILES string of the molecule is O=C(NCc1ccnc(-c2ccsc2)c1)Nc1ccccc1C(F)(F)F. The molecule has 8 heteroatoms. The number of aromatic nitrogens is 1. The molecule has 0 aliphatic heterocycles. The molecule has 2 heterocycles. The van der Waals surface area contributed by atoms with Crippen molar-refractivity contribution in [3.8, 4) is 11.3 Å². The number of amides is 2. The molecule has 0 bridgehead atoms. The number of nitrogens with zero attached hydrogens (tertiary/aromatic N) is 1. The van der Waals surface area contributed by atoms with Crippen LogP contribution in [-0.2, 0) is 12.7 Å². The van der Waals surface area contributed by atoms with E-state index in [2.05, 4.69) is 15.6 Å². The molecule has 0 aliphatic carbocycles. The number of carbonyl (C=O) groups is 1. The third-order valence-electron chi connectivity index (χ3n) is 3.58. The smallest absolute Gasteiger partial charge is 0.334 e. The summed E-state index contributed by atoms with van der Waals surface area (Å²) < 4.78 is 38.9. The Morgan fingerprint density at radius 1 is 1.15 bits per heavy atom. The molecule has 26 heavy (non-hydrogen) atoms. The molecule has 0 saturated carbocycles. The molecule has 0 radical (unpaired) electrons. The molecular weight excluding hydrogens is 363 g/mol. The number of thiophene rings is 1. The maximum atomic E-state index is 13.0. The van der Waals surface area contributed by atoms with Gasteiger partial charge in [-0.1, -0.05) is 12.1 Å². The molecule has 0 saturated heterocycles. The van der Waals surface area contributed by atoms with Crippen LogP contribution >= 0.6 is 11.3 Å². The zero-order chi connectivity index (χ0) is 18.6. The standard InChI is InChI=1S/C18H14F3N3OS/c19-18(20,21)14-3-1-2-4-15(14)24-17(25)23-10-12-5-7-22-16(9-12)13-6-8-26-11-13/h1-9,11H,10H2,(H2,23,24,25). The monoisotopic (exact) mass is 377 g/mol. The highest BCUT2D eigenvalue weighted by molar-refractivity contribution is 7.08. The summed E-state index contributed by atoms with van der Waals surface area (Å²) in [4.78, 5) is 16.2. The number of para-hydroxylation sites is 1. The molecule has 0 fully saturated rings. The lowest BCUT2D eigenvalue weighted by molar-refractivity contribution is -0.136. The lowest BCUT2D eigenvalue weighted by Gasteiger charge is -2.14. The second-order valence-electron chi connectivity index (χ2n) is 5.41. The van der Waals surface area contributed by atoms with Crippen LogP contribution in [0.1, 0.15) is 11.1 Å². The maximum Gasteiger partial charge on any atom is 0.418 e. The first kappa shape index (κ1) is 17.9. The number of hydrogen-bond acceptors (Lipinski definition) is 3. The van der Waals surface area contributed by atoms with Gasteiger partial charge in [-0.15, -0.1) is 0 Å². The Bertz CT molecular complexity index is 895. The molecule has 4 nitrogen and oxygen atoms in total. The summed E-state index contributed by atoms with van der Waals surface area (Å²) in [5.41, 5.74) is 1.36. The van der Waals surface area contributed by atoms with E-state index in [0.29, 0.717) is 0 Å². The molecule has 0 spiro atoms. The molecule has 0 unspecified atom stereocenters. The van der Waals surface area contributed by atoms with Crippen LogP contribution in [0.5, 0.6) is 0 Å². The average Bonchev–Trinajstić information content (AvgIpc) is 3.14. The van der Waals surface area contributed by atoms with Crippen LogP contribution in [0.25, 0.3) is 11.3 Å². The summed E-state index contributed by atoms with van der Waals surface area (Å²) in [7, 11) is 0. The Morgan fingerprint density at radius 2 is 1.96 bits per heavy atom. The van der Waals surface area contributed by atoms with Gasteiger partial charge in [0.05, 0.1) is 16.9 Å². The van der Waals surface area contributed by atoms with Crippen molar-refractivity contribution < 1.29 is 18.0 Å². The number of halogens is 3.